The fourth-order valence-corrected chi connectivity index (χ4v) is 13.2. The molecule has 0 aromatic carbocycles. The topological polar surface area (TPSA) is 0 Å². The molecule has 62 valence electrons. The summed E-state index contributed by atoms with van der Waals surface area (Å²) in [5.41, 5.74) is 0. The summed E-state index contributed by atoms with van der Waals surface area (Å²) < 4.78 is 5.67. The van der Waals surface area contributed by atoms with Crippen molar-refractivity contribution in [2.45, 2.75) is 51.9 Å². The van der Waals surface area contributed by atoms with Crippen LogP contribution in [-0.2, 0) is 0 Å². The molecular weight excluding hydrogens is 227 g/mol. The quantitative estimate of drug-likeness (QED) is 0.662. The van der Waals surface area contributed by atoms with E-state index in [1.165, 1.54) is 0 Å². The Morgan fingerprint density at radius 3 is 1.20 bits per heavy atom. The van der Waals surface area contributed by atoms with E-state index in [1.54, 1.807) is 13.3 Å². The van der Waals surface area contributed by atoms with Gasteiger partial charge in [-0.05, 0) is 0 Å². The van der Waals surface area contributed by atoms with Crippen molar-refractivity contribution >= 4 is 18.4 Å². The van der Waals surface area contributed by atoms with Gasteiger partial charge >= 0.3 is 70.2 Å². The van der Waals surface area contributed by atoms with E-state index in [9.17, 15) is 0 Å². The summed E-state index contributed by atoms with van der Waals surface area (Å²) in [7, 11) is 0. The van der Waals surface area contributed by atoms with E-state index < -0.39 is 18.4 Å². The summed E-state index contributed by atoms with van der Waals surface area (Å²) in [6, 6.07) is 0. The molecule has 0 aliphatic rings. The van der Waals surface area contributed by atoms with Gasteiger partial charge in [0.15, 0.2) is 0 Å². The predicted molar refractivity (Wildman–Crippen MR) is 52.3 cm³/mol. The van der Waals surface area contributed by atoms with Crippen LogP contribution in [0.1, 0.15) is 34.6 Å². The third-order valence-electron chi connectivity index (χ3n) is 3.34. The molecule has 0 bridgehead atoms. The first-order valence-corrected chi connectivity index (χ1v) is 12.3. The summed E-state index contributed by atoms with van der Waals surface area (Å²) in [6.45, 7) is 12.1. The van der Waals surface area contributed by atoms with E-state index in [2.05, 4.69) is 34.6 Å². The summed E-state index contributed by atoms with van der Waals surface area (Å²) in [4.78, 5) is 0. The standard InChI is InChI=1S/C3H7.3C2H5.Sn/c1-3-2;3*1-2;/h3H,1-2H3;3*1H2,2H3;. The van der Waals surface area contributed by atoms with Crippen molar-refractivity contribution in [3.05, 3.63) is 0 Å². The number of rotatable bonds is 4. The Kier molecular flexibility index (Phi) is 5.00. The molecule has 0 spiro atoms. The molecule has 0 saturated carbocycles. The number of hydrogen-bond acceptors (Lipinski definition) is 0. The van der Waals surface area contributed by atoms with E-state index in [0.29, 0.717) is 0 Å². The van der Waals surface area contributed by atoms with Gasteiger partial charge in [0.25, 0.3) is 0 Å². The van der Waals surface area contributed by atoms with Gasteiger partial charge in [-0.3, -0.25) is 0 Å². The molecule has 0 aliphatic carbocycles. The second kappa shape index (κ2) is 4.63. The maximum absolute atomic E-state index is 2.44. The first-order valence-electron chi connectivity index (χ1n) is 4.63. The first-order chi connectivity index (χ1) is 4.63. The van der Waals surface area contributed by atoms with E-state index in [4.69, 9.17) is 0 Å². The average Bonchev–Trinajstić information content (AvgIpc) is 1.92. The molecule has 0 aromatic heterocycles. The monoisotopic (exact) mass is 250 g/mol. The molecule has 0 rings (SSSR count). The Balaban J connectivity index is 4.15. The molecule has 0 atom stereocenters. The molecule has 0 unspecified atom stereocenters. The van der Waals surface area contributed by atoms with Crippen LogP contribution < -0.4 is 0 Å². The zero-order chi connectivity index (χ0) is 8.20. The SMILES string of the molecule is C[CH2][Sn]([CH2]C)([CH2]C)[CH](C)C. The van der Waals surface area contributed by atoms with Crippen LogP contribution in [0.5, 0.6) is 0 Å². The molecule has 0 N–H and O–H groups in total. The minimum atomic E-state index is -1.52. The van der Waals surface area contributed by atoms with Crippen molar-refractivity contribution in [2.24, 2.45) is 0 Å². The minimum absolute atomic E-state index is 1.05. The van der Waals surface area contributed by atoms with Crippen LogP contribution in [0, 0.1) is 0 Å². The molecule has 0 nitrogen and oxygen atoms in total. The summed E-state index contributed by atoms with van der Waals surface area (Å²) in [6.07, 6.45) is 0. The third-order valence-corrected chi connectivity index (χ3v) is 22.4. The van der Waals surface area contributed by atoms with Crippen molar-refractivity contribution in [2.75, 3.05) is 0 Å². The van der Waals surface area contributed by atoms with E-state index in [-0.39, 0.29) is 0 Å². The molecule has 0 aromatic rings. The van der Waals surface area contributed by atoms with Gasteiger partial charge in [-0.25, -0.2) is 0 Å². The van der Waals surface area contributed by atoms with Gasteiger partial charge in [0.2, 0.25) is 0 Å². The normalized spacial score (nSPS) is 12.6. The molecule has 0 heterocycles. The Morgan fingerprint density at radius 1 is 0.900 bits per heavy atom. The van der Waals surface area contributed by atoms with Crippen molar-refractivity contribution < 1.29 is 0 Å². The molecule has 0 aliphatic heterocycles. The molecule has 0 radical (unpaired) electrons. The Hall–Kier alpha value is 0.799. The molecule has 0 saturated heterocycles. The Labute approximate surface area is 70.3 Å². The molecule has 0 fully saturated rings. The van der Waals surface area contributed by atoms with Crippen molar-refractivity contribution in [1.29, 1.82) is 0 Å². The van der Waals surface area contributed by atoms with Crippen LogP contribution in [0.15, 0.2) is 0 Å². The Morgan fingerprint density at radius 2 is 1.20 bits per heavy atom. The van der Waals surface area contributed by atoms with Gasteiger partial charge in [0, 0.05) is 0 Å². The van der Waals surface area contributed by atoms with E-state index in [0.717, 1.165) is 3.93 Å². The van der Waals surface area contributed by atoms with Crippen LogP contribution in [-0.4, -0.2) is 18.4 Å². The van der Waals surface area contributed by atoms with Gasteiger partial charge in [-0.15, -0.1) is 0 Å². The summed E-state index contributed by atoms with van der Waals surface area (Å²) in [5, 5.41) is 0. The van der Waals surface area contributed by atoms with Crippen LogP contribution >= 0.6 is 0 Å². The van der Waals surface area contributed by atoms with Crippen molar-refractivity contribution in [1.82, 2.24) is 0 Å². The second-order valence-electron chi connectivity index (χ2n) is 3.58. The predicted octanol–water partition coefficient (Wildman–Crippen LogP) is 3.90. The molecular formula is C9H22Sn. The van der Waals surface area contributed by atoms with Gasteiger partial charge in [0.05, 0.1) is 0 Å². The van der Waals surface area contributed by atoms with Gasteiger partial charge in [-0.2, -0.15) is 0 Å². The fraction of sp³-hybridized carbons (Fsp3) is 1.00. The number of hydrogen-bond donors (Lipinski definition) is 0. The van der Waals surface area contributed by atoms with E-state index in [1.807, 2.05) is 0 Å². The van der Waals surface area contributed by atoms with Crippen LogP contribution in [0.25, 0.3) is 0 Å². The zero-order valence-corrected chi connectivity index (χ0v) is 11.1. The van der Waals surface area contributed by atoms with Gasteiger partial charge in [0.1, 0.15) is 0 Å². The average molecular weight is 249 g/mol. The van der Waals surface area contributed by atoms with Crippen molar-refractivity contribution in [3.8, 4) is 0 Å². The fourth-order valence-electron chi connectivity index (χ4n) is 1.97. The molecule has 1 heteroatoms. The van der Waals surface area contributed by atoms with Crippen molar-refractivity contribution in [3.63, 3.8) is 0 Å². The summed E-state index contributed by atoms with van der Waals surface area (Å²) >= 11 is -1.52. The second-order valence-corrected chi connectivity index (χ2v) is 20.7. The van der Waals surface area contributed by atoms with E-state index >= 15 is 0 Å². The van der Waals surface area contributed by atoms with Crippen LogP contribution in [0.3, 0.4) is 0 Å². The molecule has 0 amide bonds. The maximum atomic E-state index is 2.44. The Bertz CT molecular complexity index is 74.5. The molecule has 10 heavy (non-hydrogen) atoms. The third kappa shape index (κ3) is 2.14. The zero-order valence-electron chi connectivity index (χ0n) is 8.20. The summed E-state index contributed by atoms with van der Waals surface area (Å²) in [5.74, 6) is 0. The van der Waals surface area contributed by atoms with Crippen LogP contribution in [0.4, 0.5) is 0 Å². The van der Waals surface area contributed by atoms with Gasteiger partial charge < -0.3 is 0 Å². The van der Waals surface area contributed by atoms with Gasteiger partial charge in [-0.1, -0.05) is 0 Å². The first kappa shape index (κ1) is 10.8. The van der Waals surface area contributed by atoms with Crippen LogP contribution in [0.2, 0.25) is 17.2 Å².